The first kappa shape index (κ1) is 11.6. The van der Waals surface area contributed by atoms with Crippen LogP contribution in [0.4, 0.5) is 0 Å². The lowest BCUT2D eigenvalue weighted by Crippen LogP contribution is -2.38. The summed E-state index contributed by atoms with van der Waals surface area (Å²) >= 11 is 5.11. The van der Waals surface area contributed by atoms with Crippen LogP contribution < -0.4 is 5.73 Å². The lowest BCUT2D eigenvalue weighted by Gasteiger charge is -2.23. The van der Waals surface area contributed by atoms with Gasteiger partial charge < -0.3 is 5.73 Å². The average Bonchev–Trinajstić information content (AvgIpc) is 2.69. The van der Waals surface area contributed by atoms with Gasteiger partial charge in [-0.05, 0) is 31.9 Å². The van der Waals surface area contributed by atoms with Crippen LogP contribution in [-0.2, 0) is 6.54 Å². The number of thiocarbonyl (C=S) groups is 1. The predicted octanol–water partition coefficient (Wildman–Crippen LogP) is 2.25. The van der Waals surface area contributed by atoms with Gasteiger partial charge in [0.15, 0.2) is 0 Å². The second-order valence-corrected chi connectivity index (χ2v) is 4.99. The number of hydrogen-bond acceptors (Lipinski definition) is 2. The standard InChI is InChI=1S/C13H18N2S/c1-10-4-6-11(7-5-10)9-15-8-2-3-12(15)13(14)16/h4-7,12H,2-3,8-9H2,1H3,(H2,14,16). The Balaban J connectivity index is 2.03. The van der Waals surface area contributed by atoms with Crippen LogP contribution in [-0.4, -0.2) is 22.5 Å². The second-order valence-electron chi connectivity index (χ2n) is 4.52. The van der Waals surface area contributed by atoms with E-state index in [0.717, 1.165) is 19.5 Å². The molecule has 1 aliphatic heterocycles. The minimum Gasteiger partial charge on any atom is -0.392 e. The van der Waals surface area contributed by atoms with Crippen LogP contribution in [0.1, 0.15) is 24.0 Å². The maximum atomic E-state index is 5.76. The summed E-state index contributed by atoms with van der Waals surface area (Å²) in [5.41, 5.74) is 8.40. The number of nitrogens with zero attached hydrogens (tertiary/aromatic N) is 1. The molecule has 86 valence electrons. The molecule has 0 bridgehead atoms. The lowest BCUT2D eigenvalue weighted by molar-refractivity contribution is 0.295. The summed E-state index contributed by atoms with van der Waals surface area (Å²) in [6, 6.07) is 8.98. The molecule has 1 aliphatic rings. The van der Waals surface area contributed by atoms with Crippen molar-refractivity contribution in [1.29, 1.82) is 0 Å². The van der Waals surface area contributed by atoms with E-state index in [-0.39, 0.29) is 0 Å². The quantitative estimate of drug-likeness (QED) is 0.813. The summed E-state index contributed by atoms with van der Waals surface area (Å²) in [4.78, 5) is 3.03. The molecule has 2 nitrogen and oxygen atoms in total. The van der Waals surface area contributed by atoms with Gasteiger partial charge in [-0.15, -0.1) is 0 Å². The summed E-state index contributed by atoms with van der Waals surface area (Å²) in [6.07, 6.45) is 2.31. The maximum Gasteiger partial charge on any atom is 0.0902 e. The molecule has 0 saturated carbocycles. The highest BCUT2D eigenvalue weighted by Crippen LogP contribution is 2.20. The van der Waals surface area contributed by atoms with E-state index in [1.165, 1.54) is 17.5 Å². The van der Waals surface area contributed by atoms with E-state index < -0.39 is 0 Å². The molecule has 2 rings (SSSR count). The highest BCUT2D eigenvalue weighted by Gasteiger charge is 2.26. The first-order chi connectivity index (χ1) is 7.66. The predicted molar refractivity (Wildman–Crippen MR) is 71.4 cm³/mol. The van der Waals surface area contributed by atoms with Crippen molar-refractivity contribution < 1.29 is 0 Å². The zero-order valence-electron chi connectivity index (χ0n) is 9.65. The third-order valence-corrected chi connectivity index (χ3v) is 3.47. The third kappa shape index (κ3) is 2.60. The molecule has 1 saturated heterocycles. The van der Waals surface area contributed by atoms with E-state index in [4.69, 9.17) is 18.0 Å². The van der Waals surface area contributed by atoms with Crippen molar-refractivity contribution >= 4 is 17.2 Å². The first-order valence-electron chi connectivity index (χ1n) is 5.76. The molecule has 1 fully saturated rings. The Kier molecular flexibility index (Phi) is 3.56. The molecule has 16 heavy (non-hydrogen) atoms. The Morgan fingerprint density at radius 1 is 1.44 bits per heavy atom. The van der Waals surface area contributed by atoms with Gasteiger partial charge in [0, 0.05) is 6.54 Å². The Labute approximate surface area is 102 Å². The normalized spacial score (nSPS) is 21.2. The number of nitrogens with two attached hydrogens (primary N) is 1. The van der Waals surface area contributed by atoms with E-state index >= 15 is 0 Å². The zero-order valence-corrected chi connectivity index (χ0v) is 10.5. The van der Waals surface area contributed by atoms with Gasteiger partial charge in [-0.2, -0.15) is 0 Å². The number of rotatable bonds is 3. The Hall–Kier alpha value is -0.930. The summed E-state index contributed by atoms with van der Waals surface area (Å²) in [5, 5.41) is 0. The van der Waals surface area contributed by atoms with E-state index in [1.807, 2.05) is 0 Å². The first-order valence-corrected chi connectivity index (χ1v) is 6.16. The molecule has 1 aromatic rings. The van der Waals surface area contributed by atoms with Gasteiger partial charge in [0.2, 0.25) is 0 Å². The van der Waals surface area contributed by atoms with Crippen molar-refractivity contribution in [3.63, 3.8) is 0 Å². The molecule has 3 heteroatoms. The van der Waals surface area contributed by atoms with Crippen molar-refractivity contribution in [3.05, 3.63) is 35.4 Å². The van der Waals surface area contributed by atoms with E-state index in [1.54, 1.807) is 0 Å². The maximum absolute atomic E-state index is 5.76. The largest absolute Gasteiger partial charge is 0.392 e. The van der Waals surface area contributed by atoms with Gasteiger partial charge >= 0.3 is 0 Å². The summed E-state index contributed by atoms with van der Waals surface area (Å²) < 4.78 is 0. The van der Waals surface area contributed by atoms with Crippen LogP contribution in [0.3, 0.4) is 0 Å². The van der Waals surface area contributed by atoms with Gasteiger partial charge in [-0.3, -0.25) is 4.90 Å². The summed E-state index contributed by atoms with van der Waals surface area (Å²) in [5.74, 6) is 0. The number of benzene rings is 1. The van der Waals surface area contributed by atoms with Crippen LogP contribution in [0.2, 0.25) is 0 Å². The number of hydrogen-bond donors (Lipinski definition) is 1. The topological polar surface area (TPSA) is 29.3 Å². The highest BCUT2D eigenvalue weighted by atomic mass is 32.1. The summed E-state index contributed by atoms with van der Waals surface area (Å²) in [7, 11) is 0. The van der Waals surface area contributed by atoms with Crippen molar-refractivity contribution in [2.45, 2.75) is 32.4 Å². The van der Waals surface area contributed by atoms with Crippen LogP contribution in [0.25, 0.3) is 0 Å². The molecule has 2 N–H and O–H groups in total. The van der Waals surface area contributed by atoms with Crippen LogP contribution in [0.5, 0.6) is 0 Å². The monoisotopic (exact) mass is 234 g/mol. The lowest BCUT2D eigenvalue weighted by atomic mass is 10.1. The number of aryl methyl sites for hydroxylation is 1. The van der Waals surface area contributed by atoms with E-state index in [0.29, 0.717) is 11.0 Å². The molecule has 1 atom stereocenters. The van der Waals surface area contributed by atoms with Crippen LogP contribution in [0.15, 0.2) is 24.3 Å². The molecule has 0 aromatic heterocycles. The second kappa shape index (κ2) is 4.93. The van der Waals surface area contributed by atoms with E-state index in [9.17, 15) is 0 Å². The molecule has 0 aliphatic carbocycles. The molecule has 1 heterocycles. The Bertz CT molecular complexity index is 372. The number of likely N-dealkylation sites (tertiary alicyclic amines) is 1. The average molecular weight is 234 g/mol. The SMILES string of the molecule is Cc1ccc(CN2CCCC2C(N)=S)cc1. The highest BCUT2D eigenvalue weighted by molar-refractivity contribution is 7.80. The van der Waals surface area contributed by atoms with Crippen LogP contribution >= 0.6 is 12.2 Å². The fraction of sp³-hybridized carbons (Fsp3) is 0.462. The van der Waals surface area contributed by atoms with Crippen molar-refractivity contribution in [2.75, 3.05) is 6.54 Å². The van der Waals surface area contributed by atoms with Gasteiger partial charge in [0.25, 0.3) is 0 Å². The molecule has 0 amide bonds. The van der Waals surface area contributed by atoms with Gasteiger partial charge in [-0.25, -0.2) is 0 Å². The van der Waals surface area contributed by atoms with Crippen molar-refractivity contribution in [2.24, 2.45) is 5.73 Å². The molecular weight excluding hydrogens is 216 g/mol. The fourth-order valence-electron chi connectivity index (χ4n) is 2.27. The molecule has 1 aromatic carbocycles. The molecule has 0 radical (unpaired) electrons. The minimum atomic E-state index is 0.302. The zero-order chi connectivity index (χ0) is 11.5. The van der Waals surface area contributed by atoms with Crippen LogP contribution in [0, 0.1) is 6.92 Å². The summed E-state index contributed by atoms with van der Waals surface area (Å²) in [6.45, 7) is 4.18. The Morgan fingerprint density at radius 3 is 2.75 bits per heavy atom. The smallest absolute Gasteiger partial charge is 0.0902 e. The Morgan fingerprint density at radius 2 is 2.12 bits per heavy atom. The van der Waals surface area contributed by atoms with Crippen molar-refractivity contribution in [3.8, 4) is 0 Å². The van der Waals surface area contributed by atoms with Crippen molar-refractivity contribution in [1.82, 2.24) is 4.90 Å². The molecular formula is C13H18N2S. The van der Waals surface area contributed by atoms with E-state index in [2.05, 4.69) is 36.1 Å². The van der Waals surface area contributed by atoms with Gasteiger partial charge in [-0.1, -0.05) is 42.0 Å². The van der Waals surface area contributed by atoms with Gasteiger partial charge in [0.1, 0.15) is 0 Å². The molecule has 0 spiro atoms. The molecule has 1 unspecified atom stereocenters. The third-order valence-electron chi connectivity index (χ3n) is 3.20. The minimum absolute atomic E-state index is 0.302. The fourth-order valence-corrected chi connectivity index (χ4v) is 2.53. The van der Waals surface area contributed by atoms with Gasteiger partial charge in [0.05, 0.1) is 11.0 Å².